The van der Waals surface area contributed by atoms with Gasteiger partial charge in [0.1, 0.15) is 6.04 Å². The number of esters is 1. The van der Waals surface area contributed by atoms with E-state index in [0.29, 0.717) is 24.5 Å². The Hall–Kier alpha value is -0.620. The van der Waals surface area contributed by atoms with E-state index in [1.807, 2.05) is 17.0 Å². The molecule has 19 heavy (non-hydrogen) atoms. The van der Waals surface area contributed by atoms with Crippen LogP contribution in [-0.2, 0) is 16.1 Å². The van der Waals surface area contributed by atoms with Crippen LogP contribution in [0.2, 0.25) is 5.02 Å². The highest BCUT2D eigenvalue weighted by atomic mass is 79.9. The summed E-state index contributed by atoms with van der Waals surface area (Å²) < 4.78 is 5.71. The topological polar surface area (TPSA) is 49.8 Å². The Labute approximate surface area is 125 Å². The van der Waals surface area contributed by atoms with Gasteiger partial charge in [-0.2, -0.15) is 0 Å². The molecule has 0 aromatic heterocycles. The number of hydrogen-bond acceptors (Lipinski definition) is 4. The van der Waals surface area contributed by atoms with Crippen LogP contribution >= 0.6 is 27.5 Å². The highest BCUT2D eigenvalue weighted by Gasteiger charge is 2.36. The molecular formula is C13H15BrClNO3. The second-order valence-corrected chi connectivity index (χ2v) is 5.88. The first-order chi connectivity index (χ1) is 9.01. The number of likely N-dealkylation sites (tertiary alicyclic amines) is 1. The summed E-state index contributed by atoms with van der Waals surface area (Å²) in [6.45, 7) is 0.997. The number of methoxy groups -OCH3 is 1. The van der Waals surface area contributed by atoms with Gasteiger partial charge in [-0.15, -0.1) is 0 Å². The predicted molar refractivity (Wildman–Crippen MR) is 76.0 cm³/mol. The molecule has 0 spiro atoms. The van der Waals surface area contributed by atoms with Gasteiger partial charge < -0.3 is 9.84 Å². The van der Waals surface area contributed by atoms with Crippen molar-refractivity contribution in [1.82, 2.24) is 4.90 Å². The molecule has 1 aliphatic rings. The minimum Gasteiger partial charge on any atom is -0.468 e. The van der Waals surface area contributed by atoms with Gasteiger partial charge >= 0.3 is 5.97 Å². The van der Waals surface area contributed by atoms with Gasteiger partial charge in [-0.1, -0.05) is 27.5 Å². The van der Waals surface area contributed by atoms with Gasteiger partial charge in [-0.05, 0) is 23.8 Å². The first kappa shape index (κ1) is 14.8. The molecule has 4 nitrogen and oxygen atoms in total. The smallest absolute Gasteiger partial charge is 0.323 e. The van der Waals surface area contributed by atoms with E-state index < -0.39 is 12.1 Å². The van der Waals surface area contributed by atoms with E-state index in [9.17, 15) is 9.90 Å². The molecule has 1 aromatic carbocycles. The summed E-state index contributed by atoms with van der Waals surface area (Å²) in [7, 11) is 1.36. The van der Waals surface area contributed by atoms with E-state index in [1.54, 1.807) is 6.07 Å². The van der Waals surface area contributed by atoms with Crippen LogP contribution in [0.25, 0.3) is 0 Å². The quantitative estimate of drug-likeness (QED) is 0.851. The van der Waals surface area contributed by atoms with Crippen molar-refractivity contribution in [1.29, 1.82) is 0 Å². The Morgan fingerprint density at radius 2 is 2.37 bits per heavy atom. The fourth-order valence-corrected chi connectivity index (χ4v) is 2.89. The number of carbonyl (C=O) groups is 1. The van der Waals surface area contributed by atoms with Crippen molar-refractivity contribution in [2.75, 3.05) is 13.7 Å². The van der Waals surface area contributed by atoms with Crippen LogP contribution < -0.4 is 0 Å². The lowest BCUT2D eigenvalue weighted by Gasteiger charge is -2.22. The van der Waals surface area contributed by atoms with Gasteiger partial charge in [-0.3, -0.25) is 9.69 Å². The first-order valence-corrected chi connectivity index (χ1v) is 7.12. The normalized spacial score (nSPS) is 23.6. The number of β-amino-alcohol motifs (C(OH)–C–C–N with tert-alkyl or cyclic N) is 1. The third kappa shape index (κ3) is 3.48. The summed E-state index contributed by atoms with van der Waals surface area (Å²) in [6, 6.07) is 5.12. The molecule has 0 amide bonds. The minimum atomic E-state index is -0.498. The van der Waals surface area contributed by atoms with Crippen LogP contribution in [0.3, 0.4) is 0 Å². The number of hydrogen-bond donors (Lipinski definition) is 1. The Balaban J connectivity index is 2.16. The van der Waals surface area contributed by atoms with Gasteiger partial charge in [0, 0.05) is 29.0 Å². The molecule has 0 saturated carbocycles. The molecule has 0 aliphatic carbocycles. The highest BCUT2D eigenvalue weighted by molar-refractivity contribution is 9.10. The van der Waals surface area contributed by atoms with Crippen LogP contribution in [0.15, 0.2) is 22.7 Å². The number of rotatable bonds is 3. The number of aliphatic hydroxyl groups is 1. The number of ether oxygens (including phenoxy) is 1. The van der Waals surface area contributed by atoms with Crippen molar-refractivity contribution < 1.29 is 14.6 Å². The van der Waals surface area contributed by atoms with Crippen molar-refractivity contribution in [2.24, 2.45) is 0 Å². The van der Waals surface area contributed by atoms with Crippen molar-refractivity contribution in [3.63, 3.8) is 0 Å². The molecule has 1 fully saturated rings. The standard InChI is InChI=1S/C13H15BrClNO3/c1-19-13(18)12-5-10(17)7-16(12)6-8-4-9(15)2-3-11(8)14/h2-4,10,12,17H,5-7H2,1H3. The molecule has 104 valence electrons. The van der Waals surface area contributed by atoms with Gasteiger partial charge in [0.2, 0.25) is 0 Å². The Kier molecular flexibility index (Phi) is 4.84. The molecule has 2 rings (SSSR count). The number of nitrogens with zero attached hydrogens (tertiary/aromatic N) is 1. The molecule has 0 radical (unpaired) electrons. The molecule has 2 unspecified atom stereocenters. The summed E-state index contributed by atoms with van der Waals surface area (Å²) >= 11 is 9.44. The van der Waals surface area contributed by atoms with E-state index in [1.165, 1.54) is 7.11 Å². The maximum absolute atomic E-state index is 11.7. The van der Waals surface area contributed by atoms with E-state index in [4.69, 9.17) is 16.3 Å². The van der Waals surface area contributed by atoms with E-state index in [2.05, 4.69) is 15.9 Å². The van der Waals surface area contributed by atoms with Crippen LogP contribution in [0.5, 0.6) is 0 Å². The van der Waals surface area contributed by atoms with Gasteiger partial charge in [-0.25, -0.2) is 0 Å². The van der Waals surface area contributed by atoms with Crippen LogP contribution in [0, 0.1) is 0 Å². The van der Waals surface area contributed by atoms with Crippen molar-refractivity contribution in [3.8, 4) is 0 Å². The average Bonchev–Trinajstić information content (AvgIpc) is 2.74. The lowest BCUT2D eigenvalue weighted by Crippen LogP contribution is -2.36. The van der Waals surface area contributed by atoms with Gasteiger partial charge in [0.25, 0.3) is 0 Å². The molecule has 2 atom stereocenters. The predicted octanol–water partition coefficient (Wildman–Crippen LogP) is 2.21. The highest BCUT2D eigenvalue weighted by Crippen LogP contribution is 2.27. The first-order valence-electron chi connectivity index (χ1n) is 5.95. The lowest BCUT2D eigenvalue weighted by atomic mass is 10.2. The largest absolute Gasteiger partial charge is 0.468 e. The average molecular weight is 349 g/mol. The zero-order valence-corrected chi connectivity index (χ0v) is 12.8. The van der Waals surface area contributed by atoms with Crippen LogP contribution in [0.4, 0.5) is 0 Å². The van der Waals surface area contributed by atoms with E-state index in [0.717, 1.165) is 10.0 Å². The monoisotopic (exact) mass is 347 g/mol. The Morgan fingerprint density at radius 1 is 1.63 bits per heavy atom. The molecule has 1 N–H and O–H groups in total. The van der Waals surface area contributed by atoms with Crippen LogP contribution in [0.1, 0.15) is 12.0 Å². The molecule has 1 aliphatic heterocycles. The molecule has 1 heterocycles. The van der Waals surface area contributed by atoms with Crippen molar-refractivity contribution >= 4 is 33.5 Å². The summed E-state index contributed by atoms with van der Waals surface area (Å²) in [5, 5.41) is 10.4. The Morgan fingerprint density at radius 3 is 3.05 bits per heavy atom. The third-order valence-corrected chi connectivity index (χ3v) is 4.24. The van der Waals surface area contributed by atoms with E-state index >= 15 is 0 Å². The molecule has 1 aromatic rings. The second-order valence-electron chi connectivity index (χ2n) is 4.59. The summed E-state index contributed by atoms with van der Waals surface area (Å²) in [6.07, 6.45) is -0.0905. The molecular weight excluding hydrogens is 334 g/mol. The van der Waals surface area contributed by atoms with Gasteiger partial charge in [0.15, 0.2) is 0 Å². The van der Waals surface area contributed by atoms with Crippen molar-refractivity contribution in [3.05, 3.63) is 33.3 Å². The van der Waals surface area contributed by atoms with E-state index in [-0.39, 0.29) is 5.97 Å². The minimum absolute atomic E-state index is 0.310. The Bertz CT molecular complexity index is 483. The third-order valence-electron chi connectivity index (χ3n) is 3.24. The number of benzene rings is 1. The second kappa shape index (κ2) is 6.22. The molecule has 0 bridgehead atoms. The zero-order chi connectivity index (χ0) is 14.0. The maximum atomic E-state index is 11.7. The number of aliphatic hydroxyl groups excluding tert-OH is 1. The summed E-state index contributed by atoms with van der Waals surface area (Å²) in [5.41, 5.74) is 0.982. The number of halogens is 2. The molecule has 6 heteroatoms. The summed E-state index contributed by atoms with van der Waals surface area (Å²) in [4.78, 5) is 13.6. The fraction of sp³-hybridized carbons (Fsp3) is 0.462. The SMILES string of the molecule is COC(=O)C1CC(O)CN1Cc1cc(Cl)ccc1Br. The summed E-state index contributed by atoms with van der Waals surface area (Å²) in [5.74, 6) is -0.310. The number of carbonyl (C=O) groups excluding carboxylic acids is 1. The zero-order valence-electron chi connectivity index (χ0n) is 10.5. The van der Waals surface area contributed by atoms with Crippen LogP contribution in [-0.4, -0.2) is 41.8 Å². The molecule has 1 saturated heterocycles. The fourth-order valence-electron chi connectivity index (χ4n) is 2.32. The lowest BCUT2D eigenvalue weighted by molar-refractivity contribution is -0.146. The maximum Gasteiger partial charge on any atom is 0.323 e. The van der Waals surface area contributed by atoms with Gasteiger partial charge in [0.05, 0.1) is 13.2 Å². The van der Waals surface area contributed by atoms with Crippen molar-refractivity contribution in [2.45, 2.75) is 25.1 Å².